The first-order chi connectivity index (χ1) is 14.0. The molecule has 0 saturated carbocycles. The van der Waals surface area contributed by atoms with Crippen LogP contribution in [0.2, 0.25) is 0 Å². The highest BCUT2D eigenvalue weighted by Crippen LogP contribution is 2.26. The average molecular weight is 421 g/mol. The van der Waals surface area contributed by atoms with E-state index < -0.39 is 0 Å². The Kier molecular flexibility index (Phi) is 9.63. The number of benzene rings is 1. The van der Waals surface area contributed by atoms with Crippen LogP contribution in [0, 0.1) is 6.92 Å². The molecule has 0 saturated heterocycles. The summed E-state index contributed by atoms with van der Waals surface area (Å²) in [7, 11) is 3.59. The Balaban J connectivity index is 1.94. The molecule has 0 amide bonds. The van der Waals surface area contributed by atoms with E-state index in [1.54, 1.807) is 7.11 Å². The standard InChI is InChI=1S/C20H32N6O2S/c1-15(28-18-10-7-6-9-17(18)27-4)13-22-20(21-11-8-12-29-5)23-14-19-25-24-16(2)26(19)3/h6-7,9-10,15H,8,11-14H2,1-5H3,(H2,21,22,23). The van der Waals surface area contributed by atoms with Gasteiger partial charge in [-0.05, 0) is 44.4 Å². The number of ether oxygens (including phenoxy) is 2. The molecule has 2 aromatic rings. The molecule has 2 rings (SSSR count). The summed E-state index contributed by atoms with van der Waals surface area (Å²) in [6, 6.07) is 7.65. The molecule has 1 unspecified atom stereocenters. The predicted octanol–water partition coefficient (Wildman–Crippen LogP) is 2.39. The lowest BCUT2D eigenvalue weighted by molar-refractivity contribution is 0.213. The summed E-state index contributed by atoms with van der Waals surface area (Å²) in [5, 5.41) is 15.0. The summed E-state index contributed by atoms with van der Waals surface area (Å²) < 4.78 is 13.3. The molecule has 0 aliphatic rings. The summed E-state index contributed by atoms with van der Waals surface area (Å²) in [4.78, 5) is 4.66. The van der Waals surface area contributed by atoms with Gasteiger partial charge in [0.1, 0.15) is 18.5 Å². The van der Waals surface area contributed by atoms with Gasteiger partial charge in [-0.25, -0.2) is 4.99 Å². The molecule has 0 bridgehead atoms. The number of hydrogen-bond donors (Lipinski definition) is 2. The highest BCUT2D eigenvalue weighted by Gasteiger charge is 2.10. The first kappa shape index (κ1) is 22.9. The maximum absolute atomic E-state index is 6.01. The summed E-state index contributed by atoms with van der Waals surface area (Å²) in [5.41, 5.74) is 0. The average Bonchev–Trinajstić information content (AvgIpc) is 3.05. The largest absolute Gasteiger partial charge is 0.493 e. The van der Waals surface area contributed by atoms with Gasteiger partial charge >= 0.3 is 0 Å². The van der Waals surface area contributed by atoms with Gasteiger partial charge < -0.3 is 24.7 Å². The topological polar surface area (TPSA) is 85.6 Å². The van der Waals surface area contributed by atoms with E-state index in [2.05, 4.69) is 32.1 Å². The second-order valence-electron chi connectivity index (χ2n) is 6.62. The number of nitrogens with one attached hydrogen (secondary N) is 2. The van der Waals surface area contributed by atoms with Gasteiger partial charge in [-0.15, -0.1) is 10.2 Å². The van der Waals surface area contributed by atoms with Gasteiger partial charge in [-0.1, -0.05) is 12.1 Å². The molecule has 0 aliphatic carbocycles. The van der Waals surface area contributed by atoms with E-state index in [9.17, 15) is 0 Å². The van der Waals surface area contributed by atoms with Crippen LogP contribution >= 0.6 is 11.8 Å². The second-order valence-corrected chi connectivity index (χ2v) is 7.61. The molecule has 160 valence electrons. The number of hydrogen-bond acceptors (Lipinski definition) is 6. The van der Waals surface area contributed by atoms with E-state index in [-0.39, 0.29) is 6.10 Å². The smallest absolute Gasteiger partial charge is 0.191 e. The Morgan fingerprint density at radius 1 is 1.24 bits per heavy atom. The first-order valence-corrected chi connectivity index (χ1v) is 11.1. The minimum absolute atomic E-state index is 0.0680. The van der Waals surface area contributed by atoms with Gasteiger partial charge in [0.15, 0.2) is 23.3 Å². The van der Waals surface area contributed by atoms with Crippen molar-refractivity contribution >= 4 is 17.7 Å². The summed E-state index contributed by atoms with van der Waals surface area (Å²) >= 11 is 1.84. The normalized spacial score (nSPS) is 12.5. The van der Waals surface area contributed by atoms with Crippen LogP contribution in [-0.2, 0) is 13.6 Å². The first-order valence-electron chi connectivity index (χ1n) is 9.70. The Labute approximate surface area is 177 Å². The second kappa shape index (κ2) is 12.2. The molecular formula is C20H32N6O2S. The predicted molar refractivity (Wildman–Crippen MR) is 119 cm³/mol. The highest BCUT2D eigenvalue weighted by molar-refractivity contribution is 7.98. The zero-order chi connectivity index (χ0) is 21.1. The van der Waals surface area contributed by atoms with E-state index in [1.807, 2.05) is 61.5 Å². The molecule has 0 spiro atoms. The van der Waals surface area contributed by atoms with Crippen LogP contribution in [0.15, 0.2) is 29.3 Å². The molecule has 29 heavy (non-hydrogen) atoms. The quantitative estimate of drug-likeness (QED) is 0.328. The summed E-state index contributed by atoms with van der Waals surface area (Å²) in [6.45, 7) is 5.85. The lowest BCUT2D eigenvalue weighted by Crippen LogP contribution is -2.42. The van der Waals surface area contributed by atoms with Crippen LogP contribution in [0.25, 0.3) is 0 Å². The van der Waals surface area contributed by atoms with Crippen molar-refractivity contribution in [2.45, 2.75) is 32.9 Å². The molecule has 1 heterocycles. The molecule has 0 fully saturated rings. The van der Waals surface area contributed by atoms with Crippen molar-refractivity contribution in [1.82, 2.24) is 25.4 Å². The number of para-hydroxylation sites is 2. The molecule has 2 N–H and O–H groups in total. The van der Waals surface area contributed by atoms with Crippen LogP contribution in [0.5, 0.6) is 11.5 Å². The van der Waals surface area contributed by atoms with E-state index in [0.29, 0.717) is 13.1 Å². The minimum atomic E-state index is -0.0680. The van der Waals surface area contributed by atoms with E-state index in [4.69, 9.17) is 9.47 Å². The minimum Gasteiger partial charge on any atom is -0.493 e. The molecule has 0 aliphatic heterocycles. The Morgan fingerprint density at radius 2 is 2.00 bits per heavy atom. The van der Waals surface area contributed by atoms with E-state index >= 15 is 0 Å². The number of nitrogens with zero attached hydrogens (tertiary/aromatic N) is 4. The van der Waals surface area contributed by atoms with Crippen molar-refractivity contribution in [2.75, 3.05) is 32.2 Å². The van der Waals surface area contributed by atoms with Gasteiger partial charge in [0.05, 0.1) is 13.7 Å². The fraction of sp³-hybridized carbons (Fsp3) is 0.550. The summed E-state index contributed by atoms with van der Waals surface area (Å²) in [5.74, 6) is 4.99. The number of rotatable bonds is 11. The lowest BCUT2D eigenvalue weighted by atomic mass is 10.3. The highest BCUT2D eigenvalue weighted by atomic mass is 32.2. The zero-order valence-electron chi connectivity index (χ0n) is 17.9. The monoisotopic (exact) mass is 420 g/mol. The third-order valence-electron chi connectivity index (χ3n) is 4.33. The van der Waals surface area contributed by atoms with E-state index in [0.717, 1.165) is 47.8 Å². The Bertz CT molecular complexity index is 780. The van der Waals surface area contributed by atoms with E-state index in [1.165, 1.54) is 0 Å². The molecule has 1 aromatic heterocycles. The van der Waals surface area contributed by atoms with Crippen molar-refractivity contribution in [2.24, 2.45) is 12.0 Å². The fourth-order valence-corrected chi connectivity index (χ4v) is 2.98. The van der Waals surface area contributed by atoms with Crippen LogP contribution in [-0.4, -0.2) is 59.0 Å². The number of aromatic nitrogens is 3. The Morgan fingerprint density at radius 3 is 2.66 bits per heavy atom. The number of aliphatic imine (C=N–C) groups is 1. The summed E-state index contributed by atoms with van der Waals surface area (Å²) in [6.07, 6.45) is 3.11. The van der Waals surface area contributed by atoms with Crippen LogP contribution in [0.4, 0.5) is 0 Å². The number of methoxy groups -OCH3 is 1. The van der Waals surface area contributed by atoms with Crippen LogP contribution < -0.4 is 20.1 Å². The van der Waals surface area contributed by atoms with Crippen molar-refractivity contribution in [3.05, 3.63) is 35.9 Å². The third kappa shape index (κ3) is 7.49. The van der Waals surface area contributed by atoms with Gasteiger partial charge in [-0.3, -0.25) is 0 Å². The molecule has 8 nitrogen and oxygen atoms in total. The third-order valence-corrected chi connectivity index (χ3v) is 5.03. The fourth-order valence-electron chi connectivity index (χ4n) is 2.55. The lowest BCUT2D eigenvalue weighted by Gasteiger charge is -2.19. The van der Waals surface area contributed by atoms with Crippen LogP contribution in [0.1, 0.15) is 25.0 Å². The van der Waals surface area contributed by atoms with Crippen molar-refractivity contribution in [1.29, 1.82) is 0 Å². The van der Waals surface area contributed by atoms with Gasteiger partial charge in [0.2, 0.25) is 0 Å². The Hall–Kier alpha value is -2.42. The number of guanidine groups is 1. The van der Waals surface area contributed by atoms with Gasteiger partial charge in [0.25, 0.3) is 0 Å². The molecule has 1 aromatic carbocycles. The maximum atomic E-state index is 6.01. The van der Waals surface area contributed by atoms with Crippen molar-refractivity contribution in [3.63, 3.8) is 0 Å². The number of thioether (sulfide) groups is 1. The molecule has 1 atom stereocenters. The van der Waals surface area contributed by atoms with Crippen molar-refractivity contribution < 1.29 is 9.47 Å². The van der Waals surface area contributed by atoms with Crippen LogP contribution in [0.3, 0.4) is 0 Å². The van der Waals surface area contributed by atoms with Crippen molar-refractivity contribution in [3.8, 4) is 11.5 Å². The maximum Gasteiger partial charge on any atom is 0.191 e. The SMILES string of the molecule is COc1ccccc1OC(C)CNC(=NCc1nnc(C)n1C)NCCCSC. The molecular weight excluding hydrogens is 388 g/mol. The zero-order valence-corrected chi connectivity index (χ0v) is 18.8. The number of aryl methyl sites for hydroxylation is 1. The molecule has 0 radical (unpaired) electrons. The van der Waals surface area contributed by atoms with Gasteiger partial charge in [0, 0.05) is 13.6 Å². The van der Waals surface area contributed by atoms with Gasteiger partial charge in [-0.2, -0.15) is 11.8 Å². The molecule has 9 heteroatoms.